The number of alkyl halides is 3. The summed E-state index contributed by atoms with van der Waals surface area (Å²) in [5, 5.41) is 0. The maximum Gasteiger partial charge on any atom is 0.573 e. The third-order valence-corrected chi connectivity index (χ3v) is 5.64. The fourth-order valence-corrected chi connectivity index (χ4v) is 4.53. The number of para-hydroxylation sites is 2. The van der Waals surface area contributed by atoms with Crippen molar-refractivity contribution in [2.75, 3.05) is 10.8 Å². The van der Waals surface area contributed by atoms with Gasteiger partial charge in [-0.1, -0.05) is 30.3 Å². The standard InChI is InChI=1S/C16H14F3NO3S/c1-11-5-4-6-12-9-10-20(15(11)12)24(21,22)14-8-3-2-7-13(14)23-16(17,18)19/h2-8H,9-10H2,1H3. The number of ether oxygens (including phenoxy) is 1. The molecule has 3 rings (SSSR count). The number of aryl methyl sites for hydroxylation is 1. The van der Waals surface area contributed by atoms with Crippen molar-refractivity contribution in [3.8, 4) is 5.75 Å². The summed E-state index contributed by atoms with van der Waals surface area (Å²) in [6, 6.07) is 10.2. The molecular formula is C16H14F3NO3S. The molecule has 1 aliphatic heterocycles. The molecule has 0 aromatic heterocycles. The van der Waals surface area contributed by atoms with E-state index in [4.69, 9.17) is 0 Å². The van der Waals surface area contributed by atoms with E-state index in [9.17, 15) is 21.6 Å². The molecule has 0 spiro atoms. The zero-order valence-corrected chi connectivity index (χ0v) is 13.5. The van der Waals surface area contributed by atoms with Crippen LogP contribution >= 0.6 is 0 Å². The first-order chi connectivity index (χ1) is 11.2. The summed E-state index contributed by atoms with van der Waals surface area (Å²) in [4.78, 5) is -0.501. The lowest BCUT2D eigenvalue weighted by Crippen LogP contribution is -2.30. The minimum absolute atomic E-state index is 0.183. The van der Waals surface area contributed by atoms with Crippen LogP contribution in [0.2, 0.25) is 0 Å². The number of hydrogen-bond donors (Lipinski definition) is 0. The minimum atomic E-state index is -4.97. The molecule has 1 aliphatic rings. The second-order valence-corrected chi connectivity index (χ2v) is 7.24. The van der Waals surface area contributed by atoms with Crippen molar-refractivity contribution in [2.24, 2.45) is 0 Å². The summed E-state index contributed by atoms with van der Waals surface area (Å²) in [5.41, 5.74) is 2.13. The molecule has 8 heteroatoms. The van der Waals surface area contributed by atoms with Crippen LogP contribution in [0.3, 0.4) is 0 Å². The first kappa shape index (κ1) is 16.6. The van der Waals surface area contributed by atoms with E-state index in [1.165, 1.54) is 12.1 Å². The average molecular weight is 357 g/mol. The molecule has 24 heavy (non-hydrogen) atoms. The van der Waals surface area contributed by atoms with Gasteiger partial charge in [0.1, 0.15) is 10.6 Å². The second-order valence-electron chi connectivity index (χ2n) is 5.40. The van der Waals surface area contributed by atoms with Crippen LogP contribution in [0, 0.1) is 6.92 Å². The average Bonchev–Trinajstić information content (AvgIpc) is 2.92. The van der Waals surface area contributed by atoms with Crippen molar-refractivity contribution in [3.05, 3.63) is 53.6 Å². The third-order valence-electron chi connectivity index (χ3n) is 3.80. The van der Waals surface area contributed by atoms with E-state index < -0.39 is 27.0 Å². The number of fused-ring (bicyclic) bond motifs is 1. The maximum absolute atomic E-state index is 12.9. The van der Waals surface area contributed by atoms with Crippen molar-refractivity contribution in [2.45, 2.75) is 24.6 Å². The molecule has 0 amide bonds. The summed E-state index contributed by atoms with van der Waals surface area (Å²) in [5.74, 6) is -0.730. The van der Waals surface area contributed by atoms with Crippen LogP contribution in [0.1, 0.15) is 11.1 Å². The van der Waals surface area contributed by atoms with Gasteiger partial charge in [0.15, 0.2) is 0 Å². The van der Waals surface area contributed by atoms with Gasteiger partial charge >= 0.3 is 6.36 Å². The Labute approximate surface area is 137 Å². The number of nitrogens with zero attached hydrogens (tertiary/aromatic N) is 1. The van der Waals surface area contributed by atoms with Crippen LogP contribution < -0.4 is 9.04 Å². The molecule has 4 nitrogen and oxygen atoms in total. The Balaban J connectivity index is 2.09. The normalized spacial score (nSPS) is 14.6. The Hall–Kier alpha value is -2.22. The molecule has 0 atom stereocenters. The number of hydrogen-bond acceptors (Lipinski definition) is 3. The largest absolute Gasteiger partial charge is 0.573 e. The number of rotatable bonds is 3. The van der Waals surface area contributed by atoms with E-state index in [0.29, 0.717) is 12.1 Å². The van der Waals surface area contributed by atoms with Crippen LogP contribution in [-0.4, -0.2) is 21.3 Å². The smallest absolute Gasteiger partial charge is 0.404 e. The van der Waals surface area contributed by atoms with Crippen LogP contribution in [0.4, 0.5) is 18.9 Å². The summed E-state index contributed by atoms with van der Waals surface area (Å²) in [6.07, 6.45) is -4.46. The van der Waals surface area contributed by atoms with Crippen molar-refractivity contribution >= 4 is 15.7 Å². The van der Waals surface area contributed by atoms with E-state index in [1.807, 2.05) is 12.1 Å². The van der Waals surface area contributed by atoms with E-state index in [2.05, 4.69) is 4.74 Å². The highest BCUT2D eigenvalue weighted by Gasteiger charge is 2.37. The molecule has 0 saturated heterocycles. The molecule has 128 valence electrons. The summed E-state index contributed by atoms with van der Waals surface area (Å²) in [6.45, 7) is 1.95. The number of sulfonamides is 1. The predicted octanol–water partition coefficient (Wildman–Crippen LogP) is 3.65. The van der Waals surface area contributed by atoms with Crippen LogP contribution in [0.5, 0.6) is 5.75 Å². The van der Waals surface area contributed by atoms with Crippen molar-refractivity contribution in [1.29, 1.82) is 0 Å². The Morgan fingerprint density at radius 1 is 1.08 bits per heavy atom. The third kappa shape index (κ3) is 2.93. The van der Waals surface area contributed by atoms with E-state index in [-0.39, 0.29) is 6.54 Å². The van der Waals surface area contributed by atoms with E-state index in [1.54, 1.807) is 13.0 Å². The lowest BCUT2D eigenvalue weighted by molar-refractivity contribution is -0.275. The zero-order valence-electron chi connectivity index (χ0n) is 12.7. The van der Waals surface area contributed by atoms with Crippen LogP contribution in [0.15, 0.2) is 47.4 Å². The lowest BCUT2D eigenvalue weighted by atomic mass is 10.1. The van der Waals surface area contributed by atoms with Crippen LogP contribution in [0.25, 0.3) is 0 Å². The Morgan fingerprint density at radius 2 is 1.79 bits per heavy atom. The minimum Gasteiger partial charge on any atom is -0.404 e. The molecule has 2 aromatic rings. The first-order valence-electron chi connectivity index (χ1n) is 7.16. The number of anilines is 1. The van der Waals surface area contributed by atoms with E-state index in [0.717, 1.165) is 27.6 Å². The van der Waals surface area contributed by atoms with Crippen LogP contribution in [-0.2, 0) is 16.4 Å². The number of benzene rings is 2. The molecule has 2 aromatic carbocycles. The highest BCUT2D eigenvalue weighted by Crippen LogP contribution is 2.38. The summed E-state index contributed by atoms with van der Waals surface area (Å²) >= 11 is 0. The maximum atomic E-state index is 12.9. The monoisotopic (exact) mass is 357 g/mol. The first-order valence-corrected chi connectivity index (χ1v) is 8.60. The van der Waals surface area contributed by atoms with Gasteiger partial charge in [-0.05, 0) is 36.6 Å². The molecule has 0 aliphatic carbocycles. The van der Waals surface area contributed by atoms with Crippen molar-refractivity contribution in [1.82, 2.24) is 0 Å². The van der Waals surface area contributed by atoms with Gasteiger partial charge in [0, 0.05) is 6.54 Å². The van der Waals surface area contributed by atoms with Crippen molar-refractivity contribution in [3.63, 3.8) is 0 Å². The molecule has 0 N–H and O–H groups in total. The topological polar surface area (TPSA) is 46.6 Å². The van der Waals surface area contributed by atoms with Gasteiger partial charge in [-0.3, -0.25) is 4.31 Å². The quantitative estimate of drug-likeness (QED) is 0.843. The lowest BCUT2D eigenvalue weighted by Gasteiger charge is -2.23. The summed E-state index contributed by atoms with van der Waals surface area (Å²) < 4.78 is 68.6. The molecular weight excluding hydrogens is 343 g/mol. The molecule has 0 fully saturated rings. The highest BCUT2D eigenvalue weighted by atomic mass is 32.2. The molecule has 0 bridgehead atoms. The Kier molecular flexibility index (Phi) is 3.95. The van der Waals surface area contributed by atoms with Gasteiger partial charge in [-0.15, -0.1) is 13.2 Å². The predicted molar refractivity (Wildman–Crippen MR) is 82.5 cm³/mol. The Morgan fingerprint density at radius 3 is 2.50 bits per heavy atom. The fourth-order valence-electron chi connectivity index (χ4n) is 2.84. The number of halogens is 3. The van der Waals surface area contributed by atoms with Gasteiger partial charge in [-0.2, -0.15) is 0 Å². The van der Waals surface area contributed by atoms with Gasteiger partial charge < -0.3 is 4.74 Å². The molecule has 1 heterocycles. The SMILES string of the molecule is Cc1cccc2c1N(S(=O)(=O)c1ccccc1OC(F)(F)F)CC2. The van der Waals surface area contributed by atoms with Gasteiger partial charge in [-0.25, -0.2) is 8.42 Å². The van der Waals surface area contributed by atoms with Crippen molar-refractivity contribution < 1.29 is 26.3 Å². The summed E-state index contributed by atoms with van der Waals surface area (Å²) in [7, 11) is -4.17. The second kappa shape index (κ2) is 5.70. The molecule has 0 saturated carbocycles. The van der Waals surface area contributed by atoms with Gasteiger partial charge in [0.05, 0.1) is 5.69 Å². The highest BCUT2D eigenvalue weighted by molar-refractivity contribution is 7.93. The molecule has 0 radical (unpaired) electrons. The van der Waals surface area contributed by atoms with E-state index >= 15 is 0 Å². The molecule has 0 unspecified atom stereocenters. The Bertz CT molecular complexity index is 878. The van der Waals surface area contributed by atoms with Gasteiger partial charge in [0.25, 0.3) is 10.0 Å². The zero-order chi connectivity index (χ0) is 17.5. The van der Waals surface area contributed by atoms with Gasteiger partial charge in [0.2, 0.25) is 0 Å². The fraction of sp³-hybridized carbons (Fsp3) is 0.250.